The molecule has 0 aliphatic carbocycles. The highest BCUT2D eigenvalue weighted by Crippen LogP contribution is 2.24. The van der Waals surface area contributed by atoms with Crippen LogP contribution in [0.5, 0.6) is 0 Å². The maximum absolute atomic E-state index is 11.6. The molecule has 1 aromatic carbocycles. The number of nitrogens with one attached hydrogen (secondary N) is 1. The fraction of sp³-hybridized carbons (Fsp3) is 0.462. The molecule has 1 rings (SSSR count). The van der Waals surface area contributed by atoms with Gasteiger partial charge in [0, 0.05) is 32.8 Å². The highest BCUT2D eigenvalue weighted by atomic mass is 16.5. The third-order valence-electron chi connectivity index (χ3n) is 2.81. The van der Waals surface area contributed by atoms with E-state index >= 15 is 0 Å². The maximum Gasteiger partial charge on any atom is 0.251 e. The monoisotopic (exact) mass is 251 g/mol. The molecule has 5 nitrogen and oxygen atoms in total. The van der Waals surface area contributed by atoms with Crippen LogP contribution in [0.15, 0.2) is 18.2 Å². The maximum atomic E-state index is 11.6. The van der Waals surface area contributed by atoms with Crippen molar-refractivity contribution in [1.29, 1.82) is 0 Å². The van der Waals surface area contributed by atoms with Crippen LogP contribution in [-0.2, 0) is 4.74 Å². The summed E-state index contributed by atoms with van der Waals surface area (Å²) >= 11 is 0. The van der Waals surface area contributed by atoms with E-state index in [1.165, 1.54) is 0 Å². The van der Waals surface area contributed by atoms with Crippen molar-refractivity contribution < 1.29 is 9.53 Å². The molecular formula is C13H21N3O2. The second-order valence-corrected chi connectivity index (χ2v) is 3.93. The van der Waals surface area contributed by atoms with Gasteiger partial charge in [0.25, 0.3) is 5.91 Å². The van der Waals surface area contributed by atoms with Crippen LogP contribution in [-0.4, -0.2) is 39.8 Å². The average Bonchev–Trinajstić information content (AvgIpc) is 2.40. The zero-order chi connectivity index (χ0) is 13.5. The first-order chi connectivity index (χ1) is 8.63. The van der Waals surface area contributed by atoms with E-state index in [1.54, 1.807) is 26.3 Å². The van der Waals surface area contributed by atoms with Crippen LogP contribution in [0, 0.1) is 0 Å². The molecule has 0 heterocycles. The minimum Gasteiger partial charge on any atom is -0.397 e. The number of hydrogen-bond acceptors (Lipinski definition) is 4. The van der Waals surface area contributed by atoms with E-state index in [1.807, 2.05) is 13.0 Å². The molecule has 0 unspecified atom stereocenters. The van der Waals surface area contributed by atoms with Crippen molar-refractivity contribution in [3.8, 4) is 0 Å². The van der Waals surface area contributed by atoms with Gasteiger partial charge in [-0.3, -0.25) is 4.79 Å². The van der Waals surface area contributed by atoms with Gasteiger partial charge in [-0.05, 0) is 25.1 Å². The zero-order valence-electron chi connectivity index (χ0n) is 11.2. The molecule has 5 heteroatoms. The molecule has 1 amide bonds. The van der Waals surface area contributed by atoms with Crippen molar-refractivity contribution in [2.75, 3.05) is 44.5 Å². The molecular weight excluding hydrogens is 230 g/mol. The SMILES string of the molecule is CCN(CCOC)c1cc(C(=O)NC)ccc1N. The first-order valence-corrected chi connectivity index (χ1v) is 5.99. The fourth-order valence-corrected chi connectivity index (χ4v) is 1.75. The predicted molar refractivity (Wildman–Crippen MR) is 74.0 cm³/mol. The number of methoxy groups -OCH3 is 1. The van der Waals surface area contributed by atoms with Gasteiger partial charge in [0.1, 0.15) is 0 Å². The van der Waals surface area contributed by atoms with E-state index in [2.05, 4.69) is 10.2 Å². The molecule has 0 atom stereocenters. The summed E-state index contributed by atoms with van der Waals surface area (Å²) in [6.45, 7) is 4.22. The Hall–Kier alpha value is -1.75. The van der Waals surface area contributed by atoms with E-state index in [9.17, 15) is 4.79 Å². The number of nitrogens with two attached hydrogens (primary N) is 1. The van der Waals surface area contributed by atoms with Gasteiger partial charge in [0.2, 0.25) is 0 Å². The summed E-state index contributed by atoms with van der Waals surface area (Å²) in [6.07, 6.45) is 0. The lowest BCUT2D eigenvalue weighted by molar-refractivity contribution is 0.0963. The standard InChI is InChI=1S/C13H21N3O2/c1-4-16(7-8-18-3)12-9-10(13(17)15-2)5-6-11(12)14/h5-6,9H,4,7-8,14H2,1-3H3,(H,15,17). The Morgan fingerprint density at radius 1 is 1.50 bits per heavy atom. The molecule has 0 spiro atoms. The molecule has 0 radical (unpaired) electrons. The molecule has 1 aromatic rings. The van der Waals surface area contributed by atoms with Crippen molar-refractivity contribution in [2.24, 2.45) is 0 Å². The Balaban J connectivity index is 3.00. The van der Waals surface area contributed by atoms with Gasteiger partial charge in [-0.25, -0.2) is 0 Å². The van der Waals surface area contributed by atoms with E-state index in [0.717, 1.165) is 18.8 Å². The minimum atomic E-state index is -0.112. The van der Waals surface area contributed by atoms with Gasteiger partial charge in [-0.1, -0.05) is 0 Å². The van der Waals surface area contributed by atoms with Gasteiger partial charge in [0.05, 0.1) is 18.0 Å². The second kappa shape index (κ2) is 6.86. The quantitative estimate of drug-likeness (QED) is 0.743. The lowest BCUT2D eigenvalue weighted by Gasteiger charge is -2.24. The molecule has 100 valence electrons. The molecule has 18 heavy (non-hydrogen) atoms. The van der Waals surface area contributed by atoms with Crippen LogP contribution in [0.25, 0.3) is 0 Å². The second-order valence-electron chi connectivity index (χ2n) is 3.93. The Morgan fingerprint density at radius 3 is 2.78 bits per heavy atom. The third kappa shape index (κ3) is 3.37. The molecule has 0 aromatic heterocycles. The molecule has 0 fully saturated rings. The zero-order valence-corrected chi connectivity index (χ0v) is 11.2. The summed E-state index contributed by atoms with van der Waals surface area (Å²) in [5, 5.41) is 2.61. The number of hydrogen-bond donors (Lipinski definition) is 2. The summed E-state index contributed by atoms with van der Waals surface area (Å²) in [7, 11) is 3.28. The van der Waals surface area contributed by atoms with Crippen molar-refractivity contribution in [1.82, 2.24) is 5.32 Å². The Labute approximate surface area is 108 Å². The van der Waals surface area contributed by atoms with Crippen LogP contribution >= 0.6 is 0 Å². The van der Waals surface area contributed by atoms with Crippen molar-refractivity contribution in [3.63, 3.8) is 0 Å². The van der Waals surface area contributed by atoms with E-state index < -0.39 is 0 Å². The van der Waals surface area contributed by atoms with Crippen LogP contribution in [0.4, 0.5) is 11.4 Å². The van der Waals surface area contributed by atoms with Crippen molar-refractivity contribution >= 4 is 17.3 Å². The largest absolute Gasteiger partial charge is 0.397 e. The summed E-state index contributed by atoms with van der Waals surface area (Å²) in [6, 6.07) is 5.30. The summed E-state index contributed by atoms with van der Waals surface area (Å²) < 4.78 is 5.07. The number of nitrogen functional groups attached to an aromatic ring is 1. The molecule has 0 saturated heterocycles. The van der Waals surface area contributed by atoms with Crippen molar-refractivity contribution in [3.05, 3.63) is 23.8 Å². The Kier molecular flexibility index (Phi) is 5.45. The number of rotatable bonds is 6. The number of benzene rings is 1. The average molecular weight is 251 g/mol. The minimum absolute atomic E-state index is 0.112. The smallest absolute Gasteiger partial charge is 0.251 e. The van der Waals surface area contributed by atoms with Gasteiger partial charge in [0.15, 0.2) is 0 Å². The topological polar surface area (TPSA) is 67.6 Å². The Morgan fingerprint density at radius 2 is 2.22 bits per heavy atom. The highest BCUT2D eigenvalue weighted by molar-refractivity contribution is 5.96. The highest BCUT2D eigenvalue weighted by Gasteiger charge is 2.11. The van der Waals surface area contributed by atoms with Gasteiger partial charge < -0.3 is 20.7 Å². The normalized spacial score (nSPS) is 10.2. The number of likely N-dealkylation sites (N-methyl/N-ethyl adjacent to an activating group) is 1. The van der Waals surface area contributed by atoms with Crippen molar-refractivity contribution in [2.45, 2.75) is 6.92 Å². The van der Waals surface area contributed by atoms with Gasteiger partial charge in [-0.2, -0.15) is 0 Å². The van der Waals surface area contributed by atoms with Crippen LogP contribution in [0.2, 0.25) is 0 Å². The van der Waals surface area contributed by atoms with Gasteiger partial charge >= 0.3 is 0 Å². The van der Waals surface area contributed by atoms with Crippen LogP contribution in [0.3, 0.4) is 0 Å². The predicted octanol–water partition coefficient (Wildman–Crippen LogP) is 1.10. The number of amides is 1. The molecule has 0 aliphatic rings. The lowest BCUT2D eigenvalue weighted by Crippen LogP contribution is -2.28. The van der Waals surface area contributed by atoms with E-state index in [-0.39, 0.29) is 5.91 Å². The summed E-state index contributed by atoms with van der Waals surface area (Å²) in [5.74, 6) is -0.112. The number of ether oxygens (including phenoxy) is 1. The molecule has 0 aliphatic heterocycles. The molecule has 3 N–H and O–H groups in total. The van der Waals surface area contributed by atoms with Crippen LogP contribution in [0.1, 0.15) is 17.3 Å². The fourth-order valence-electron chi connectivity index (χ4n) is 1.75. The summed E-state index contributed by atoms with van der Waals surface area (Å²) in [5.41, 5.74) is 8.11. The Bertz CT molecular complexity index is 407. The first kappa shape index (κ1) is 14.3. The van der Waals surface area contributed by atoms with E-state index in [4.69, 9.17) is 10.5 Å². The number of carbonyl (C=O) groups excluding carboxylic acids is 1. The number of carbonyl (C=O) groups is 1. The molecule has 0 saturated carbocycles. The molecule has 0 bridgehead atoms. The van der Waals surface area contributed by atoms with E-state index in [0.29, 0.717) is 17.9 Å². The third-order valence-corrected chi connectivity index (χ3v) is 2.81. The summed E-state index contributed by atoms with van der Waals surface area (Å²) in [4.78, 5) is 13.7. The first-order valence-electron chi connectivity index (χ1n) is 5.99. The lowest BCUT2D eigenvalue weighted by atomic mass is 10.1. The number of anilines is 2. The number of nitrogens with zero attached hydrogens (tertiary/aromatic N) is 1. The van der Waals surface area contributed by atoms with Crippen LogP contribution < -0.4 is 16.0 Å². The van der Waals surface area contributed by atoms with Gasteiger partial charge in [-0.15, -0.1) is 0 Å².